The van der Waals surface area contributed by atoms with Crippen LogP contribution in [0.15, 0.2) is 12.3 Å². The van der Waals surface area contributed by atoms with Crippen molar-refractivity contribution in [2.24, 2.45) is 5.92 Å². The zero-order valence-electron chi connectivity index (χ0n) is 8.18. The fourth-order valence-corrected chi connectivity index (χ4v) is 1.84. The van der Waals surface area contributed by atoms with Crippen LogP contribution >= 0.6 is 11.8 Å². The monoisotopic (exact) mass is 213 g/mol. The molecule has 0 aliphatic carbocycles. The van der Waals surface area contributed by atoms with E-state index in [2.05, 4.69) is 9.97 Å². The van der Waals surface area contributed by atoms with Gasteiger partial charge >= 0.3 is 0 Å². The Morgan fingerprint density at radius 1 is 1.64 bits per heavy atom. The van der Waals surface area contributed by atoms with Gasteiger partial charge in [-0.05, 0) is 17.7 Å². The molecule has 0 saturated carbocycles. The number of nitrogen functional groups attached to an aromatic ring is 1. The molecule has 0 aliphatic heterocycles. The summed E-state index contributed by atoms with van der Waals surface area (Å²) in [5, 5.41) is 8.81. The van der Waals surface area contributed by atoms with E-state index in [4.69, 9.17) is 10.8 Å². The number of nitrogens with zero attached hydrogens (tertiary/aromatic N) is 2. The molecule has 0 spiro atoms. The van der Waals surface area contributed by atoms with Crippen molar-refractivity contribution in [1.29, 1.82) is 0 Å². The number of hydrogen-bond donors (Lipinski definition) is 2. The molecule has 5 heteroatoms. The van der Waals surface area contributed by atoms with Crippen molar-refractivity contribution in [3.8, 4) is 0 Å². The molecule has 0 fully saturated rings. The number of thioether (sulfide) groups is 1. The van der Waals surface area contributed by atoms with E-state index in [1.807, 2.05) is 6.92 Å². The second kappa shape index (κ2) is 5.82. The number of hydrogen-bond acceptors (Lipinski definition) is 5. The maximum atomic E-state index is 8.81. The molecule has 0 radical (unpaired) electrons. The molecular weight excluding hydrogens is 198 g/mol. The molecule has 1 aromatic heterocycles. The zero-order chi connectivity index (χ0) is 10.4. The lowest BCUT2D eigenvalue weighted by Gasteiger charge is -2.06. The van der Waals surface area contributed by atoms with Crippen molar-refractivity contribution >= 4 is 17.6 Å². The average molecular weight is 213 g/mol. The van der Waals surface area contributed by atoms with Gasteiger partial charge in [0, 0.05) is 12.8 Å². The van der Waals surface area contributed by atoms with Crippen LogP contribution in [-0.2, 0) is 5.75 Å². The Labute approximate surface area is 88.0 Å². The Balaban J connectivity index is 2.31. The van der Waals surface area contributed by atoms with Crippen LogP contribution < -0.4 is 5.73 Å². The molecule has 1 atom stereocenters. The summed E-state index contributed by atoms with van der Waals surface area (Å²) in [5.74, 6) is 3.23. The van der Waals surface area contributed by atoms with Gasteiger partial charge in [-0.3, -0.25) is 0 Å². The predicted octanol–water partition coefficient (Wildman–Crippen LogP) is 0.920. The predicted molar refractivity (Wildman–Crippen MR) is 58.9 cm³/mol. The van der Waals surface area contributed by atoms with Crippen LogP contribution in [0.2, 0.25) is 0 Å². The topological polar surface area (TPSA) is 72.0 Å². The van der Waals surface area contributed by atoms with Crippen molar-refractivity contribution in [1.82, 2.24) is 9.97 Å². The van der Waals surface area contributed by atoms with E-state index in [0.717, 1.165) is 17.3 Å². The van der Waals surface area contributed by atoms with Crippen LogP contribution in [0.3, 0.4) is 0 Å². The summed E-state index contributed by atoms with van der Waals surface area (Å²) in [7, 11) is 0. The Morgan fingerprint density at radius 2 is 2.43 bits per heavy atom. The lowest BCUT2D eigenvalue weighted by Crippen LogP contribution is -2.04. The third-order valence-corrected chi connectivity index (χ3v) is 2.94. The van der Waals surface area contributed by atoms with Gasteiger partial charge in [-0.2, -0.15) is 11.8 Å². The van der Waals surface area contributed by atoms with Crippen LogP contribution in [-0.4, -0.2) is 27.4 Å². The molecule has 4 nitrogen and oxygen atoms in total. The Hall–Kier alpha value is -0.810. The number of anilines is 1. The minimum atomic E-state index is 0.227. The molecule has 1 heterocycles. The number of aliphatic hydroxyl groups is 1. The lowest BCUT2D eigenvalue weighted by molar-refractivity contribution is 0.250. The first-order valence-corrected chi connectivity index (χ1v) is 5.64. The fourth-order valence-electron chi connectivity index (χ4n) is 0.888. The number of nitrogens with two attached hydrogens (primary N) is 1. The van der Waals surface area contributed by atoms with Crippen LogP contribution in [0, 0.1) is 5.92 Å². The van der Waals surface area contributed by atoms with Gasteiger partial charge in [0.2, 0.25) is 0 Å². The zero-order valence-corrected chi connectivity index (χ0v) is 9.00. The maximum Gasteiger partial charge on any atom is 0.140 e. The van der Waals surface area contributed by atoms with E-state index in [1.54, 1.807) is 24.0 Å². The summed E-state index contributed by atoms with van der Waals surface area (Å²) in [4.78, 5) is 8.17. The van der Waals surface area contributed by atoms with Crippen molar-refractivity contribution < 1.29 is 5.11 Å². The number of aliphatic hydroxyl groups excluding tert-OH is 1. The molecule has 14 heavy (non-hydrogen) atoms. The van der Waals surface area contributed by atoms with Crippen molar-refractivity contribution in [3.05, 3.63) is 18.1 Å². The highest BCUT2D eigenvalue weighted by Gasteiger charge is 2.02. The highest BCUT2D eigenvalue weighted by atomic mass is 32.2. The van der Waals surface area contributed by atoms with Gasteiger partial charge in [0.05, 0.1) is 5.75 Å². The van der Waals surface area contributed by atoms with Crippen LogP contribution in [0.1, 0.15) is 12.7 Å². The van der Waals surface area contributed by atoms with Gasteiger partial charge in [0.1, 0.15) is 11.6 Å². The molecule has 1 rings (SSSR count). The summed E-state index contributed by atoms with van der Waals surface area (Å²) in [6, 6.07) is 1.67. The standard InChI is InChI=1S/C9H15N3OS/c1-7(4-13)5-14-6-9-11-3-2-8(10)12-9/h2-3,7,13H,4-6H2,1H3,(H2,10,11,12). The van der Waals surface area contributed by atoms with Gasteiger partial charge in [0.15, 0.2) is 0 Å². The van der Waals surface area contributed by atoms with Gasteiger partial charge in [-0.25, -0.2) is 9.97 Å². The Kier molecular flexibility index (Phi) is 4.69. The first-order valence-electron chi connectivity index (χ1n) is 4.48. The van der Waals surface area contributed by atoms with Crippen LogP contribution in [0.4, 0.5) is 5.82 Å². The second-order valence-electron chi connectivity index (χ2n) is 3.20. The first kappa shape index (κ1) is 11.3. The van der Waals surface area contributed by atoms with Gasteiger partial charge < -0.3 is 10.8 Å². The molecule has 3 N–H and O–H groups in total. The van der Waals surface area contributed by atoms with Crippen LogP contribution in [0.25, 0.3) is 0 Å². The molecule has 0 aliphatic rings. The summed E-state index contributed by atoms with van der Waals surface area (Å²) >= 11 is 1.71. The average Bonchev–Trinajstić information content (AvgIpc) is 2.17. The molecule has 78 valence electrons. The summed E-state index contributed by atoms with van der Waals surface area (Å²) in [6.45, 7) is 2.23. The second-order valence-corrected chi connectivity index (χ2v) is 4.23. The van der Waals surface area contributed by atoms with E-state index in [9.17, 15) is 0 Å². The molecule has 0 saturated heterocycles. The summed E-state index contributed by atoms with van der Waals surface area (Å²) < 4.78 is 0. The van der Waals surface area contributed by atoms with E-state index in [-0.39, 0.29) is 6.61 Å². The minimum Gasteiger partial charge on any atom is -0.396 e. The molecule has 0 amide bonds. The fraction of sp³-hybridized carbons (Fsp3) is 0.556. The smallest absolute Gasteiger partial charge is 0.140 e. The normalized spacial score (nSPS) is 12.7. The van der Waals surface area contributed by atoms with Gasteiger partial charge in [-0.1, -0.05) is 6.92 Å². The van der Waals surface area contributed by atoms with E-state index in [0.29, 0.717) is 11.7 Å². The Bertz CT molecular complexity index is 283. The molecule has 0 bridgehead atoms. The van der Waals surface area contributed by atoms with E-state index in [1.165, 1.54) is 0 Å². The Morgan fingerprint density at radius 3 is 3.07 bits per heavy atom. The minimum absolute atomic E-state index is 0.227. The van der Waals surface area contributed by atoms with E-state index < -0.39 is 0 Å². The SMILES string of the molecule is CC(CO)CSCc1nccc(N)n1. The third-order valence-electron chi connectivity index (χ3n) is 1.67. The lowest BCUT2D eigenvalue weighted by atomic mass is 10.2. The molecule has 1 aromatic rings. The molecular formula is C9H15N3OS. The molecule has 0 aromatic carbocycles. The van der Waals surface area contributed by atoms with Crippen molar-refractivity contribution in [2.45, 2.75) is 12.7 Å². The summed E-state index contributed by atoms with van der Waals surface area (Å²) in [5.41, 5.74) is 5.52. The first-order chi connectivity index (χ1) is 6.72. The highest BCUT2D eigenvalue weighted by molar-refractivity contribution is 7.98. The maximum absolute atomic E-state index is 8.81. The quantitative estimate of drug-likeness (QED) is 0.761. The molecule has 1 unspecified atom stereocenters. The number of aromatic nitrogens is 2. The largest absolute Gasteiger partial charge is 0.396 e. The number of rotatable bonds is 5. The van der Waals surface area contributed by atoms with Crippen molar-refractivity contribution in [3.63, 3.8) is 0 Å². The third kappa shape index (κ3) is 3.93. The summed E-state index contributed by atoms with van der Waals surface area (Å²) in [6.07, 6.45) is 1.66. The van der Waals surface area contributed by atoms with E-state index >= 15 is 0 Å². The van der Waals surface area contributed by atoms with Gasteiger partial charge in [0.25, 0.3) is 0 Å². The van der Waals surface area contributed by atoms with Crippen LogP contribution in [0.5, 0.6) is 0 Å². The van der Waals surface area contributed by atoms with Crippen molar-refractivity contribution in [2.75, 3.05) is 18.1 Å². The highest BCUT2D eigenvalue weighted by Crippen LogP contribution is 2.12. The van der Waals surface area contributed by atoms with Gasteiger partial charge in [-0.15, -0.1) is 0 Å².